The van der Waals surface area contributed by atoms with E-state index in [1.807, 2.05) is 12.4 Å². The number of aromatic nitrogens is 1. The summed E-state index contributed by atoms with van der Waals surface area (Å²) in [6.07, 6.45) is 3.69. The maximum absolute atomic E-state index is 4.25. The minimum absolute atomic E-state index is 0.582. The highest BCUT2D eigenvalue weighted by Crippen LogP contribution is 2.58. The van der Waals surface area contributed by atoms with Crippen molar-refractivity contribution in [1.82, 2.24) is 4.98 Å². The number of hydrogen-bond donors (Lipinski definition) is 0. The minimum Gasteiger partial charge on any atom is -0.310 e. The number of fused-ring (bicyclic) bond motifs is 2. The van der Waals surface area contributed by atoms with Crippen LogP contribution in [0.5, 0.6) is 0 Å². The minimum atomic E-state index is -0.582. The Hall–Kier alpha value is -8.27. The van der Waals surface area contributed by atoms with Gasteiger partial charge in [-0.2, -0.15) is 0 Å². The number of nitrogens with zero attached hydrogens (tertiary/aromatic N) is 3. The largest absolute Gasteiger partial charge is 0.310 e. The highest BCUT2D eigenvalue weighted by molar-refractivity contribution is 5.94. The summed E-state index contributed by atoms with van der Waals surface area (Å²) in [6, 6.07) is 90.2. The monoisotopic (exact) mass is 805 g/mol. The van der Waals surface area contributed by atoms with Crippen molar-refractivity contribution >= 4 is 34.1 Å². The van der Waals surface area contributed by atoms with Gasteiger partial charge in [-0.15, -0.1) is 0 Å². The molecule has 0 saturated carbocycles. The number of para-hydroxylation sites is 3. The van der Waals surface area contributed by atoms with Gasteiger partial charge in [0.1, 0.15) is 0 Å². The van der Waals surface area contributed by atoms with Crippen molar-refractivity contribution in [3.63, 3.8) is 0 Å². The van der Waals surface area contributed by atoms with Crippen LogP contribution in [0, 0.1) is 0 Å². The SMILES string of the molecule is c1ccc(-c2ccc(N(c3ccc(-c4ccncc4)cc3)c3ccccc3-c3ccc4c(c3)N(c3ccccc3)c3ccccc3C4(c3ccccc3)c3ccccc3)cc2)cc1. The molecule has 0 unspecified atom stereocenters. The molecule has 11 rings (SSSR count). The van der Waals surface area contributed by atoms with Crippen LogP contribution < -0.4 is 9.80 Å². The molecule has 3 heteroatoms. The Balaban J connectivity index is 1.13. The molecule has 1 aromatic heterocycles. The molecular weight excluding hydrogens is 763 g/mol. The third-order valence-corrected chi connectivity index (χ3v) is 12.4. The zero-order valence-electron chi connectivity index (χ0n) is 34.7. The Labute approximate surface area is 369 Å². The Morgan fingerprint density at radius 2 is 0.810 bits per heavy atom. The molecule has 0 amide bonds. The summed E-state index contributed by atoms with van der Waals surface area (Å²) in [5.74, 6) is 0. The van der Waals surface area contributed by atoms with Crippen molar-refractivity contribution in [1.29, 1.82) is 0 Å². The van der Waals surface area contributed by atoms with Crippen LogP contribution in [0.15, 0.2) is 261 Å². The molecular formula is C60H43N3. The summed E-state index contributed by atoms with van der Waals surface area (Å²) in [5, 5.41) is 0. The first-order valence-corrected chi connectivity index (χ1v) is 21.5. The fourth-order valence-electron chi connectivity index (χ4n) is 9.60. The smallest absolute Gasteiger partial charge is 0.0742 e. The summed E-state index contributed by atoms with van der Waals surface area (Å²) in [7, 11) is 0. The number of rotatable bonds is 9. The molecule has 0 radical (unpaired) electrons. The average molecular weight is 806 g/mol. The topological polar surface area (TPSA) is 19.4 Å². The van der Waals surface area contributed by atoms with Crippen LogP contribution in [-0.4, -0.2) is 4.98 Å². The van der Waals surface area contributed by atoms with Crippen molar-refractivity contribution in [2.24, 2.45) is 0 Å². The highest BCUT2D eigenvalue weighted by Gasteiger charge is 2.46. The van der Waals surface area contributed by atoms with Crippen LogP contribution in [0.25, 0.3) is 33.4 Å². The molecule has 9 aromatic carbocycles. The molecule has 1 aliphatic heterocycles. The predicted octanol–water partition coefficient (Wildman–Crippen LogP) is 15.7. The van der Waals surface area contributed by atoms with Gasteiger partial charge in [-0.3, -0.25) is 4.98 Å². The summed E-state index contributed by atoms with van der Waals surface area (Å²) in [5.41, 5.74) is 17.9. The Kier molecular flexibility index (Phi) is 9.76. The lowest BCUT2D eigenvalue weighted by molar-refractivity contribution is 0.731. The molecule has 3 nitrogen and oxygen atoms in total. The van der Waals surface area contributed by atoms with Crippen molar-refractivity contribution in [3.05, 3.63) is 283 Å². The van der Waals surface area contributed by atoms with E-state index in [1.54, 1.807) is 0 Å². The van der Waals surface area contributed by atoms with Crippen LogP contribution in [-0.2, 0) is 5.41 Å². The zero-order chi connectivity index (χ0) is 42.0. The van der Waals surface area contributed by atoms with Gasteiger partial charge in [0.25, 0.3) is 0 Å². The summed E-state index contributed by atoms with van der Waals surface area (Å²) < 4.78 is 0. The van der Waals surface area contributed by atoms with Gasteiger partial charge < -0.3 is 9.80 Å². The van der Waals surface area contributed by atoms with Crippen LogP contribution >= 0.6 is 0 Å². The lowest BCUT2D eigenvalue weighted by Gasteiger charge is -2.46. The summed E-state index contributed by atoms with van der Waals surface area (Å²) in [6.45, 7) is 0. The van der Waals surface area contributed by atoms with E-state index in [0.29, 0.717) is 0 Å². The number of benzene rings is 9. The van der Waals surface area contributed by atoms with Crippen molar-refractivity contribution in [3.8, 4) is 33.4 Å². The number of hydrogen-bond acceptors (Lipinski definition) is 3. The molecule has 0 atom stereocenters. The number of pyridine rings is 1. The quantitative estimate of drug-likeness (QED) is 0.145. The molecule has 0 fully saturated rings. The van der Waals surface area contributed by atoms with E-state index in [1.165, 1.54) is 33.4 Å². The van der Waals surface area contributed by atoms with E-state index in [0.717, 1.165) is 56.4 Å². The van der Waals surface area contributed by atoms with E-state index in [2.05, 4.69) is 264 Å². The van der Waals surface area contributed by atoms with E-state index < -0.39 is 5.41 Å². The van der Waals surface area contributed by atoms with Crippen molar-refractivity contribution < 1.29 is 0 Å². The molecule has 0 bridgehead atoms. The lowest BCUT2D eigenvalue weighted by Crippen LogP contribution is -2.37. The molecule has 10 aromatic rings. The van der Waals surface area contributed by atoms with E-state index in [9.17, 15) is 0 Å². The van der Waals surface area contributed by atoms with Gasteiger partial charge in [0.05, 0.1) is 22.5 Å². The van der Waals surface area contributed by atoms with Crippen molar-refractivity contribution in [2.75, 3.05) is 9.80 Å². The van der Waals surface area contributed by atoms with Crippen LogP contribution in [0.4, 0.5) is 34.1 Å². The maximum atomic E-state index is 4.25. The van der Waals surface area contributed by atoms with Crippen LogP contribution in [0.3, 0.4) is 0 Å². The number of anilines is 6. The fourth-order valence-corrected chi connectivity index (χ4v) is 9.60. The van der Waals surface area contributed by atoms with E-state index in [-0.39, 0.29) is 0 Å². The second-order valence-electron chi connectivity index (χ2n) is 16.0. The first-order chi connectivity index (χ1) is 31.3. The second kappa shape index (κ2) is 16.3. The van der Waals surface area contributed by atoms with Gasteiger partial charge in [-0.05, 0) is 117 Å². The van der Waals surface area contributed by atoms with Crippen molar-refractivity contribution in [2.45, 2.75) is 5.41 Å². The third-order valence-electron chi connectivity index (χ3n) is 12.4. The molecule has 2 heterocycles. The molecule has 1 aliphatic rings. The van der Waals surface area contributed by atoms with Gasteiger partial charge in [0.2, 0.25) is 0 Å². The van der Waals surface area contributed by atoms with Gasteiger partial charge in [-0.1, -0.05) is 182 Å². The maximum Gasteiger partial charge on any atom is 0.0742 e. The lowest BCUT2D eigenvalue weighted by atomic mass is 9.62. The molecule has 298 valence electrons. The molecule has 0 saturated heterocycles. The Bertz CT molecular complexity index is 3010. The Morgan fingerprint density at radius 3 is 1.43 bits per heavy atom. The summed E-state index contributed by atoms with van der Waals surface area (Å²) in [4.78, 5) is 9.10. The van der Waals surface area contributed by atoms with Gasteiger partial charge in [0, 0.05) is 35.0 Å². The third kappa shape index (κ3) is 6.68. The molecule has 63 heavy (non-hydrogen) atoms. The van der Waals surface area contributed by atoms with Crippen LogP contribution in [0.1, 0.15) is 22.3 Å². The van der Waals surface area contributed by atoms with Gasteiger partial charge in [-0.25, -0.2) is 0 Å². The first kappa shape index (κ1) is 37.7. The zero-order valence-corrected chi connectivity index (χ0v) is 34.7. The molecule has 0 spiro atoms. The standard InChI is InChI=1S/C60H43N3/c1-5-17-44(18-6-1)45-29-34-52(35-30-45)62(53-36-31-46(32-37-53)47-39-41-61-42-40-47)57-27-15-13-25-54(57)48-33-38-56-59(43-48)63(51-23-11-4-12-24-51)58-28-16-14-26-55(58)60(56,49-19-7-2-8-20-49)50-21-9-3-10-22-50/h1-43H. The van der Waals surface area contributed by atoms with Gasteiger partial charge in [0.15, 0.2) is 0 Å². The van der Waals surface area contributed by atoms with E-state index in [4.69, 9.17) is 0 Å². The highest BCUT2D eigenvalue weighted by atomic mass is 15.2. The average Bonchev–Trinajstić information content (AvgIpc) is 3.37. The summed E-state index contributed by atoms with van der Waals surface area (Å²) >= 11 is 0. The fraction of sp³-hybridized carbons (Fsp3) is 0.0167. The van der Waals surface area contributed by atoms with E-state index >= 15 is 0 Å². The first-order valence-electron chi connectivity index (χ1n) is 21.5. The normalized spacial score (nSPS) is 12.5. The van der Waals surface area contributed by atoms with Crippen LogP contribution in [0.2, 0.25) is 0 Å². The Morgan fingerprint density at radius 1 is 0.349 bits per heavy atom. The second-order valence-corrected chi connectivity index (χ2v) is 16.0. The predicted molar refractivity (Wildman–Crippen MR) is 262 cm³/mol. The molecule has 0 N–H and O–H groups in total. The molecule has 0 aliphatic carbocycles. The van der Waals surface area contributed by atoms with Gasteiger partial charge >= 0.3 is 0 Å².